The normalized spacial score (nSPS) is 0. The Morgan fingerprint density at radius 1 is 0.286 bits per heavy atom. The maximum atomic E-state index is 0. The van der Waals surface area contributed by atoms with Gasteiger partial charge >= 0.3 is 17.4 Å². The number of halogens is 6. The summed E-state index contributed by atoms with van der Waals surface area (Å²) in [5.74, 6) is 0. The van der Waals surface area contributed by atoms with Crippen molar-refractivity contribution in [3.05, 3.63) is 0 Å². The molecule has 0 aliphatic heterocycles. The molecule has 0 saturated carbocycles. The molecule has 0 nitrogen and oxygen atoms in total. The predicted octanol–water partition coefficient (Wildman–Crippen LogP) is -18.0. The molecular formula is CrI6. The second-order valence-electron chi connectivity index (χ2n) is 0. The summed E-state index contributed by atoms with van der Waals surface area (Å²) in [4.78, 5) is 0. The predicted molar refractivity (Wildman–Crippen MR) is 0 cm³/mol. The van der Waals surface area contributed by atoms with Crippen molar-refractivity contribution in [2.75, 3.05) is 0 Å². The van der Waals surface area contributed by atoms with Gasteiger partial charge in [0.2, 0.25) is 0 Å². The molecule has 7 heavy (non-hydrogen) atoms. The molecule has 0 rings (SSSR count). The molecule has 0 unspecified atom stereocenters. The van der Waals surface area contributed by atoms with Crippen LogP contribution in [0.3, 0.4) is 0 Å². The molecule has 48 valence electrons. The Bertz CT molecular complexity index is 4.14. The second-order valence-corrected chi connectivity index (χ2v) is 0. The van der Waals surface area contributed by atoms with Crippen molar-refractivity contribution < 1.29 is 161 Å². The third-order valence-corrected chi connectivity index (χ3v) is 0. The monoisotopic (exact) mass is 813 g/mol. The van der Waals surface area contributed by atoms with Crippen LogP contribution in [0.2, 0.25) is 0 Å². The van der Waals surface area contributed by atoms with E-state index in [-0.39, 0.29) is 161 Å². The van der Waals surface area contributed by atoms with Gasteiger partial charge in [-0.1, -0.05) is 0 Å². The first-order valence-electron chi connectivity index (χ1n) is 0. The average Bonchev–Trinajstić information content (AvgIpc) is 0. The molecule has 0 aliphatic carbocycles. The van der Waals surface area contributed by atoms with Gasteiger partial charge in [-0.05, 0) is 0 Å². The molecule has 0 aromatic rings. The first-order chi connectivity index (χ1) is 0. The fourth-order valence-corrected chi connectivity index (χ4v) is 0. The van der Waals surface area contributed by atoms with Gasteiger partial charge in [-0.25, -0.2) is 0 Å². The summed E-state index contributed by atoms with van der Waals surface area (Å²) in [7, 11) is 0. The van der Waals surface area contributed by atoms with Gasteiger partial charge in [-0.15, -0.1) is 0 Å². The molecule has 0 aromatic heterocycles. The van der Waals surface area contributed by atoms with E-state index in [0.29, 0.717) is 0 Å². The van der Waals surface area contributed by atoms with Gasteiger partial charge in [-0.2, -0.15) is 0 Å². The molecule has 0 radical (unpaired) electrons. The van der Waals surface area contributed by atoms with Crippen LogP contribution >= 0.6 is 0 Å². The third kappa shape index (κ3) is 35.9. The van der Waals surface area contributed by atoms with E-state index in [1.54, 1.807) is 0 Å². The zero-order chi connectivity index (χ0) is 0. The van der Waals surface area contributed by atoms with E-state index in [1.165, 1.54) is 0 Å². The molecule has 0 spiro atoms. The number of hydrogen-bond acceptors (Lipinski definition) is 0. The Balaban J connectivity index is 0. The first-order valence-corrected chi connectivity index (χ1v) is 0. The van der Waals surface area contributed by atoms with Crippen molar-refractivity contribution in [1.82, 2.24) is 0 Å². The number of hydrogen-bond donors (Lipinski definition) is 0. The Hall–Kier alpha value is 4.91. The fraction of sp³-hybridized carbons (Fsp3) is 0. The minimum absolute atomic E-state index is 0. The SMILES string of the molecule is [Cr+6].[I-].[I-].[I-].[I-].[I-].[I-]. The Labute approximate surface area is 157 Å². The summed E-state index contributed by atoms with van der Waals surface area (Å²) in [6, 6.07) is 0. The Morgan fingerprint density at radius 3 is 0.286 bits per heavy atom. The van der Waals surface area contributed by atoms with Gasteiger partial charge in [0.15, 0.2) is 0 Å². The van der Waals surface area contributed by atoms with Gasteiger partial charge in [0.05, 0.1) is 0 Å². The van der Waals surface area contributed by atoms with Crippen LogP contribution in [0.25, 0.3) is 0 Å². The van der Waals surface area contributed by atoms with Crippen LogP contribution in [0, 0.1) is 0 Å². The van der Waals surface area contributed by atoms with E-state index < -0.39 is 0 Å². The van der Waals surface area contributed by atoms with Crippen molar-refractivity contribution in [2.24, 2.45) is 0 Å². The van der Waals surface area contributed by atoms with Crippen molar-refractivity contribution in [1.29, 1.82) is 0 Å². The molecular weight excluding hydrogens is 813 g/mol. The van der Waals surface area contributed by atoms with Gasteiger partial charge in [0.25, 0.3) is 0 Å². The van der Waals surface area contributed by atoms with Crippen LogP contribution in [-0.4, -0.2) is 0 Å². The largest absolute Gasteiger partial charge is 6.00 e. The van der Waals surface area contributed by atoms with Crippen LogP contribution in [0.5, 0.6) is 0 Å². The summed E-state index contributed by atoms with van der Waals surface area (Å²) in [6.45, 7) is 0. The average molecular weight is 813 g/mol. The maximum absolute atomic E-state index is 0. The van der Waals surface area contributed by atoms with Gasteiger partial charge in [0.1, 0.15) is 0 Å². The molecule has 0 N–H and O–H groups in total. The molecule has 0 aliphatic rings. The van der Waals surface area contributed by atoms with Gasteiger partial charge in [-0.3, -0.25) is 0 Å². The second kappa shape index (κ2) is 44.4. The van der Waals surface area contributed by atoms with E-state index in [4.69, 9.17) is 0 Å². The van der Waals surface area contributed by atoms with Crippen LogP contribution < -0.4 is 144 Å². The van der Waals surface area contributed by atoms with Crippen LogP contribution in [-0.2, 0) is 17.4 Å². The molecule has 7 heteroatoms. The van der Waals surface area contributed by atoms with Crippen LogP contribution in [0.1, 0.15) is 0 Å². The summed E-state index contributed by atoms with van der Waals surface area (Å²) >= 11 is 0. The molecule has 0 bridgehead atoms. The summed E-state index contributed by atoms with van der Waals surface area (Å²) in [5, 5.41) is 0. The molecule has 0 atom stereocenters. The van der Waals surface area contributed by atoms with Crippen molar-refractivity contribution in [2.45, 2.75) is 0 Å². The zero-order valence-corrected chi connectivity index (χ0v) is 16.9. The van der Waals surface area contributed by atoms with Crippen LogP contribution in [0.4, 0.5) is 0 Å². The molecule has 0 heterocycles. The minimum Gasteiger partial charge on any atom is -1.00 e. The minimum atomic E-state index is 0. The first kappa shape index (κ1) is 58.8. The molecule has 0 aromatic carbocycles. The summed E-state index contributed by atoms with van der Waals surface area (Å²) < 4.78 is 0. The van der Waals surface area contributed by atoms with E-state index in [0.717, 1.165) is 0 Å². The van der Waals surface area contributed by atoms with E-state index in [9.17, 15) is 0 Å². The summed E-state index contributed by atoms with van der Waals surface area (Å²) in [6.07, 6.45) is 0. The van der Waals surface area contributed by atoms with Crippen LogP contribution in [0.15, 0.2) is 0 Å². The Kier molecular flexibility index (Phi) is 373. The standard InChI is InChI=1S/Cr.6HI/h;6*1H/q+6;;;;;;/p-6. The summed E-state index contributed by atoms with van der Waals surface area (Å²) in [5.41, 5.74) is 0. The van der Waals surface area contributed by atoms with Gasteiger partial charge in [0, 0.05) is 0 Å². The van der Waals surface area contributed by atoms with Crippen molar-refractivity contribution in [3.63, 3.8) is 0 Å². The van der Waals surface area contributed by atoms with Crippen molar-refractivity contribution >= 4 is 0 Å². The molecule has 0 saturated heterocycles. The molecule has 0 fully saturated rings. The zero-order valence-electron chi connectivity index (χ0n) is 2.68. The third-order valence-electron chi connectivity index (χ3n) is 0. The quantitative estimate of drug-likeness (QED) is 0.214. The number of rotatable bonds is 0. The topological polar surface area (TPSA) is 0 Å². The maximum Gasteiger partial charge on any atom is 6.00 e. The van der Waals surface area contributed by atoms with E-state index in [2.05, 4.69) is 0 Å². The smallest absolute Gasteiger partial charge is 1.00 e. The fourth-order valence-electron chi connectivity index (χ4n) is 0. The van der Waals surface area contributed by atoms with Gasteiger partial charge < -0.3 is 144 Å². The van der Waals surface area contributed by atoms with E-state index in [1.807, 2.05) is 0 Å². The van der Waals surface area contributed by atoms with E-state index >= 15 is 0 Å². The molecule has 0 amide bonds. The Morgan fingerprint density at radius 2 is 0.286 bits per heavy atom. The van der Waals surface area contributed by atoms with Crippen molar-refractivity contribution in [3.8, 4) is 0 Å².